The third-order valence-corrected chi connectivity index (χ3v) is 4.67. The number of methoxy groups -OCH3 is 1. The molecule has 0 spiro atoms. The molecule has 2 rings (SSSR count). The summed E-state index contributed by atoms with van der Waals surface area (Å²) in [6, 6.07) is 9.47. The van der Waals surface area contributed by atoms with E-state index in [0.717, 1.165) is 37.7 Å². The van der Waals surface area contributed by atoms with Crippen molar-refractivity contribution in [2.45, 2.75) is 51.0 Å². The summed E-state index contributed by atoms with van der Waals surface area (Å²) in [5.74, 6) is 0.337. The predicted molar refractivity (Wildman–Crippen MR) is 90.2 cm³/mol. The number of carbonyl (C=O) groups excluding carboxylic acids is 2. The van der Waals surface area contributed by atoms with Crippen molar-refractivity contribution in [2.24, 2.45) is 5.92 Å². The predicted octanol–water partition coefficient (Wildman–Crippen LogP) is 2.99. The lowest BCUT2D eigenvalue weighted by atomic mass is 9.83. The Labute approximate surface area is 143 Å². The summed E-state index contributed by atoms with van der Waals surface area (Å²) in [5, 5.41) is 11.8. The van der Waals surface area contributed by atoms with Gasteiger partial charge in [0.05, 0.1) is 19.6 Å². The van der Waals surface area contributed by atoms with Crippen LogP contribution in [-0.2, 0) is 16.0 Å². The van der Waals surface area contributed by atoms with Crippen LogP contribution in [0, 0.1) is 17.2 Å². The van der Waals surface area contributed by atoms with Crippen LogP contribution in [0.15, 0.2) is 24.3 Å². The van der Waals surface area contributed by atoms with Gasteiger partial charge in [-0.2, -0.15) is 5.26 Å². The van der Waals surface area contributed by atoms with E-state index < -0.39 is 0 Å². The van der Waals surface area contributed by atoms with E-state index in [1.54, 1.807) is 12.1 Å². The van der Waals surface area contributed by atoms with Crippen LogP contribution in [0.5, 0.6) is 0 Å². The molecule has 1 saturated carbocycles. The van der Waals surface area contributed by atoms with Crippen molar-refractivity contribution in [3.8, 4) is 6.07 Å². The minimum atomic E-state index is -0.148. The van der Waals surface area contributed by atoms with E-state index in [4.69, 9.17) is 5.26 Å². The molecule has 0 heterocycles. The zero-order valence-corrected chi connectivity index (χ0v) is 14.1. The van der Waals surface area contributed by atoms with Crippen LogP contribution in [0.2, 0.25) is 0 Å². The van der Waals surface area contributed by atoms with Crippen LogP contribution < -0.4 is 5.32 Å². The summed E-state index contributed by atoms with van der Waals surface area (Å²) < 4.78 is 4.67. The van der Waals surface area contributed by atoms with Crippen LogP contribution in [0.25, 0.3) is 0 Å². The standard InChI is InChI=1S/C19H24N2O3/c1-24-18(22)11-6-14-4-9-17(10-5-14)21-19(23)16-7-2-15(3-8-16)12-13-20/h2-3,7-8,14,17H,4-6,9-12H2,1H3,(H,21,23). The quantitative estimate of drug-likeness (QED) is 0.814. The Hall–Kier alpha value is -2.35. The van der Waals surface area contributed by atoms with Gasteiger partial charge in [-0.15, -0.1) is 0 Å². The molecule has 0 saturated heterocycles. The maximum atomic E-state index is 12.3. The van der Waals surface area contributed by atoms with E-state index in [-0.39, 0.29) is 17.9 Å². The van der Waals surface area contributed by atoms with Gasteiger partial charge < -0.3 is 10.1 Å². The number of amides is 1. The van der Waals surface area contributed by atoms with Crippen molar-refractivity contribution in [1.82, 2.24) is 5.32 Å². The van der Waals surface area contributed by atoms with E-state index in [1.807, 2.05) is 12.1 Å². The van der Waals surface area contributed by atoms with Crippen LogP contribution in [-0.4, -0.2) is 25.0 Å². The van der Waals surface area contributed by atoms with E-state index in [1.165, 1.54) is 7.11 Å². The van der Waals surface area contributed by atoms with Crippen molar-refractivity contribution < 1.29 is 14.3 Å². The van der Waals surface area contributed by atoms with Crippen molar-refractivity contribution >= 4 is 11.9 Å². The molecule has 0 aromatic heterocycles. The first kappa shape index (κ1) is 18.0. The monoisotopic (exact) mass is 328 g/mol. The molecular formula is C19H24N2O3. The summed E-state index contributed by atoms with van der Waals surface area (Å²) in [7, 11) is 1.42. The molecule has 0 aliphatic heterocycles. The second-order valence-electron chi connectivity index (χ2n) is 6.34. The van der Waals surface area contributed by atoms with Crippen LogP contribution in [0.4, 0.5) is 0 Å². The number of nitrogens with one attached hydrogen (secondary N) is 1. The molecule has 1 amide bonds. The van der Waals surface area contributed by atoms with E-state index in [9.17, 15) is 9.59 Å². The Morgan fingerprint density at radius 3 is 2.46 bits per heavy atom. The van der Waals surface area contributed by atoms with Gasteiger partial charge in [-0.3, -0.25) is 9.59 Å². The van der Waals surface area contributed by atoms with Crippen LogP contribution in [0.3, 0.4) is 0 Å². The van der Waals surface area contributed by atoms with Gasteiger partial charge in [0.1, 0.15) is 0 Å². The second-order valence-corrected chi connectivity index (χ2v) is 6.34. The Morgan fingerprint density at radius 1 is 1.21 bits per heavy atom. The third kappa shape index (κ3) is 5.38. The lowest BCUT2D eigenvalue weighted by molar-refractivity contribution is -0.141. The number of esters is 1. The fourth-order valence-corrected chi connectivity index (χ4v) is 3.15. The van der Waals surface area contributed by atoms with Gasteiger partial charge >= 0.3 is 5.97 Å². The van der Waals surface area contributed by atoms with Gasteiger partial charge in [0.2, 0.25) is 0 Å². The van der Waals surface area contributed by atoms with Crippen molar-refractivity contribution in [3.05, 3.63) is 35.4 Å². The molecule has 1 aromatic rings. The van der Waals surface area contributed by atoms with Crippen LogP contribution in [0.1, 0.15) is 54.4 Å². The zero-order chi connectivity index (χ0) is 17.4. The highest BCUT2D eigenvalue weighted by atomic mass is 16.5. The summed E-state index contributed by atoms with van der Waals surface area (Å²) in [4.78, 5) is 23.5. The highest BCUT2D eigenvalue weighted by Gasteiger charge is 2.23. The fourth-order valence-electron chi connectivity index (χ4n) is 3.15. The Morgan fingerprint density at radius 2 is 1.88 bits per heavy atom. The molecule has 5 nitrogen and oxygen atoms in total. The summed E-state index contributed by atoms with van der Waals surface area (Å²) in [5.41, 5.74) is 1.55. The second kappa shape index (κ2) is 9.07. The van der Waals surface area contributed by atoms with Gasteiger partial charge in [0.25, 0.3) is 5.91 Å². The Kier molecular flexibility index (Phi) is 6.80. The van der Waals surface area contributed by atoms with Gasteiger partial charge in [-0.25, -0.2) is 0 Å². The first-order valence-electron chi connectivity index (χ1n) is 8.46. The number of nitrogens with zero attached hydrogens (tertiary/aromatic N) is 1. The molecule has 1 fully saturated rings. The highest BCUT2D eigenvalue weighted by molar-refractivity contribution is 5.94. The molecular weight excluding hydrogens is 304 g/mol. The van der Waals surface area contributed by atoms with E-state index in [0.29, 0.717) is 24.3 Å². The maximum absolute atomic E-state index is 12.3. The van der Waals surface area contributed by atoms with Gasteiger partial charge in [-0.05, 0) is 55.7 Å². The number of carbonyl (C=O) groups is 2. The molecule has 24 heavy (non-hydrogen) atoms. The van der Waals surface area contributed by atoms with Crippen molar-refractivity contribution in [3.63, 3.8) is 0 Å². The summed E-state index contributed by atoms with van der Waals surface area (Å²) in [6.07, 6.45) is 5.67. The minimum Gasteiger partial charge on any atom is -0.469 e. The molecule has 1 aliphatic carbocycles. The van der Waals surface area contributed by atoms with E-state index in [2.05, 4.69) is 16.1 Å². The molecule has 0 bridgehead atoms. The minimum absolute atomic E-state index is 0.0588. The van der Waals surface area contributed by atoms with Gasteiger partial charge in [-0.1, -0.05) is 12.1 Å². The molecule has 1 N–H and O–H groups in total. The molecule has 5 heteroatoms. The summed E-state index contributed by atoms with van der Waals surface area (Å²) in [6.45, 7) is 0. The largest absolute Gasteiger partial charge is 0.469 e. The lowest BCUT2D eigenvalue weighted by Gasteiger charge is -2.29. The highest BCUT2D eigenvalue weighted by Crippen LogP contribution is 2.28. The number of hydrogen-bond donors (Lipinski definition) is 1. The average molecular weight is 328 g/mol. The van der Waals surface area contributed by atoms with Crippen LogP contribution >= 0.6 is 0 Å². The van der Waals surface area contributed by atoms with Gasteiger partial charge in [0, 0.05) is 18.0 Å². The molecule has 0 unspecified atom stereocenters. The smallest absolute Gasteiger partial charge is 0.305 e. The SMILES string of the molecule is COC(=O)CCC1CCC(NC(=O)c2ccc(CC#N)cc2)CC1. The Balaban J connectivity index is 1.75. The van der Waals surface area contributed by atoms with Crippen molar-refractivity contribution in [1.29, 1.82) is 5.26 Å². The number of ether oxygens (including phenoxy) is 1. The van der Waals surface area contributed by atoms with E-state index >= 15 is 0 Å². The molecule has 1 aliphatic rings. The van der Waals surface area contributed by atoms with Gasteiger partial charge in [0.15, 0.2) is 0 Å². The summed E-state index contributed by atoms with van der Waals surface area (Å²) >= 11 is 0. The number of hydrogen-bond acceptors (Lipinski definition) is 4. The van der Waals surface area contributed by atoms with Crippen molar-refractivity contribution in [2.75, 3.05) is 7.11 Å². The molecule has 0 atom stereocenters. The lowest BCUT2D eigenvalue weighted by Crippen LogP contribution is -2.37. The molecule has 1 aromatic carbocycles. The number of nitriles is 1. The number of benzene rings is 1. The molecule has 128 valence electrons. The first-order valence-corrected chi connectivity index (χ1v) is 8.46. The zero-order valence-electron chi connectivity index (χ0n) is 14.1. The Bertz CT molecular complexity index is 596. The number of rotatable bonds is 6. The topological polar surface area (TPSA) is 79.2 Å². The average Bonchev–Trinajstić information content (AvgIpc) is 2.61. The fraction of sp³-hybridized carbons (Fsp3) is 0.526. The normalized spacial score (nSPS) is 20.0. The maximum Gasteiger partial charge on any atom is 0.305 e. The molecule has 0 radical (unpaired) electrons. The first-order chi connectivity index (χ1) is 11.6. The third-order valence-electron chi connectivity index (χ3n) is 4.67.